The van der Waals surface area contributed by atoms with Gasteiger partial charge in [-0.3, -0.25) is 23.9 Å². The van der Waals surface area contributed by atoms with Gasteiger partial charge in [0.2, 0.25) is 23.6 Å². The number of carbonyl (C=O) groups is 5. The van der Waals surface area contributed by atoms with E-state index in [2.05, 4.69) is 26.3 Å². The van der Waals surface area contributed by atoms with Crippen molar-refractivity contribution in [3.63, 3.8) is 0 Å². The maximum absolute atomic E-state index is 11.8. The summed E-state index contributed by atoms with van der Waals surface area (Å²) in [6, 6.07) is 0. The second-order valence-corrected chi connectivity index (χ2v) is 5.92. The number of aromatic nitrogens is 3. The summed E-state index contributed by atoms with van der Waals surface area (Å²) in [6.07, 6.45) is 4.50. The zero-order chi connectivity index (χ0) is 20.8. The summed E-state index contributed by atoms with van der Waals surface area (Å²) >= 11 is 0. The van der Waals surface area contributed by atoms with Crippen LogP contribution in [0.4, 0.5) is 0 Å². The number of carbonyl (C=O) groups excluding carboxylic acids is 5. The molecule has 12 heteroatoms. The molecule has 12 nitrogen and oxygen atoms in total. The smallest absolute Gasteiger partial charge is 0.239 e. The molecule has 0 radical (unpaired) electrons. The van der Waals surface area contributed by atoms with Gasteiger partial charge in [-0.15, -0.1) is 5.10 Å². The van der Waals surface area contributed by atoms with Gasteiger partial charge in [-0.1, -0.05) is 5.21 Å². The lowest BCUT2D eigenvalue weighted by Crippen LogP contribution is -2.42. The van der Waals surface area contributed by atoms with Gasteiger partial charge in [-0.05, 0) is 12.8 Å². The largest absolute Gasteiger partial charge is 0.370 e. The summed E-state index contributed by atoms with van der Waals surface area (Å²) in [7, 11) is 0. The lowest BCUT2D eigenvalue weighted by molar-refractivity contribution is -0.127. The van der Waals surface area contributed by atoms with Crippen molar-refractivity contribution in [1.29, 1.82) is 0 Å². The van der Waals surface area contributed by atoms with E-state index in [1.54, 1.807) is 10.9 Å². The summed E-state index contributed by atoms with van der Waals surface area (Å²) in [5, 5.41) is 14.9. The molecule has 0 unspecified atom stereocenters. The van der Waals surface area contributed by atoms with Crippen LogP contribution in [-0.4, -0.2) is 64.5 Å². The van der Waals surface area contributed by atoms with Crippen molar-refractivity contribution in [2.45, 2.75) is 38.6 Å². The van der Waals surface area contributed by atoms with Gasteiger partial charge < -0.3 is 26.5 Å². The minimum atomic E-state index is -0.517. The molecule has 0 spiro atoms. The lowest BCUT2D eigenvalue weighted by Gasteiger charge is -2.06. The number of nitrogens with two attached hydrogens (primary N) is 1. The molecule has 1 aromatic rings. The number of aldehydes is 1. The van der Waals surface area contributed by atoms with Gasteiger partial charge in [0, 0.05) is 32.0 Å². The SMILES string of the molecule is NC(=O)CCCCn1cc(CCC(=O)NCC(=O)NCC(=O)NCC=O)nn1. The summed E-state index contributed by atoms with van der Waals surface area (Å²) in [4.78, 5) is 55.3. The number of aryl methyl sites for hydroxylation is 2. The van der Waals surface area contributed by atoms with Crippen molar-refractivity contribution >= 4 is 29.9 Å². The summed E-state index contributed by atoms with van der Waals surface area (Å²) < 4.78 is 1.64. The first-order valence-electron chi connectivity index (χ1n) is 8.81. The molecule has 0 aliphatic carbocycles. The van der Waals surface area contributed by atoms with Gasteiger partial charge in [0.15, 0.2) is 0 Å². The zero-order valence-corrected chi connectivity index (χ0v) is 15.5. The molecule has 0 saturated carbocycles. The molecule has 0 aliphatic rings. The molecule has 28 heavy (non-hydrogen) atoms. The molecule has 1 heterocycles. The molecule has 0 bridgehead atoms. The van der Waals surface area contributed by atoms with E-state index in [4.69, 9.17) is 5.73 Å². The number of hydrogen-bond donors (Lipinski definition) is 4. The number of nitrogens with one attached hydrogen (secondary N) is 3. The molecular weight excluding hydrogens is 370 g/mol. The first-order chi connectivity index (χ1) is 13.4. The second-order valence-electron chi connectivity index (χ2n) is 5.92. The Labute approximate surface area is 161 Å². The van der Waals surface area contributed by atoms with E-state index in [0.29, 0.717) is 37.8 Å². The lowest BCUT2D eigenvalue weighted by atomic mass is 10.2. The van der Waals surface area contributed by atoms with Crippen LogP contribution in [0.3, 0.4) is 0 Å². The number of unbranched alkanes of at least 4 members (excludes halogenated alkanes) is 1. The highest BCUT2D eigenvalue weighted by molar-refractivity contribution is 5.88. The highest BCUT2D eigenvalue weighted by Crippen LogP contribution is 2.01. The fraction of sp³-hybridized carbons (Fsp3) is 0.562. The number of nitrogens with zero attached hydrogens (tertiary/aromatic N) is 3. The Kier molecular flexibility index (Phi) is 10.5. The Morgan fingerprint density at radius 2 is 1.68 bits per heavy atom. The minimum absolute atomic E-state index is 0.122. The molecule has 0 atom stereocenters. The standard InChI is InChI=1S/C16H25N7O5/c17-13(25)3-1-2-7-23-11-12(21-22-23)4-5-14(26)19-10-16(28)20-9-15(27)18-6-8-24/h8,11H,1-7,9-10H2,(H2,17,25)(H,18,27)(H,19,26)(H,20,28). The van der Waals surface area contributed by atoms with Gasteiger partial charge >= 0.3 is 0 Å². The number of rotatable bonds is 14. The van der Waals surface area contributed by atoms with E-state index >= 15 is 0 Å². The Bertz CT molecular complexity index is 689. The van der Waals surface area contributed by atoms with Crippen LogP contribution in [0.25, 0.3) is 0 Å². The van der Waals surface area contributed by atoms with E-state index in [1.165, 1.54) is 0 Å². The predicted molar refractivity (Wildman–Crippen MR) is 96.5 cm³/mol. The van der Waals surface area contributed by atoms with Crippen LogP contribution >= 0.6 is 0 Å². The molecule has 1 aromatic heterocycles. The van der Waals surface area contributed by atoms with Crippen LogP contribution in [0.15, 0.2) is 6.20 Å². The third-order valence-corrected chi connectivity index (χ3v) is 3.53. The van der Waals surface area contributed by atoms with Crippen LogP contribution in [0.2, 0.25) is 0 Å². The van der Waals surface area contributed by atoms with E-state index < -0.39 is 11.8 Å². The van der Waals surface area contributed by atoms with Gasteiger partial charge in [0.05, 0.1) is 25.3 Å². The van der Waals surface area contributed by atoms with Crippen molar-refractivity contribution < 1.29 is 24.0 Å². The Hall–Kier alpha value is -3.31. The Morgan fingerprint density at radius 1 is 1.00 bits per heavy atom. The fourth-order valence-corrected chi connectivity index (χ4v) is 2.10. The minimum Gasteiger partial charge on any atom is -0.370 e. The van der Waals surface area contributed by atoms with Crippen molar-refractivity contribution in [2.24, 2.45) is 5.73 Å². The monoisotopic (exact) mass is 395 g/mol. The van der Waals surface area contributed by atoms with E-state index in [9.17, 15) is 24.0 Å². The number of primary amides is 1. The predicted octanol–water partition coefficient (Wildman–Crippen LogP) is -2.59. The third kappa shape index (κ3) is 10.6. The van der Waals surface area contributed by atoms with Gasteiger partial charge in [0.25, 0.3) is 0 Å². The highest BCUT2D eigenvalue weighted by atomic mass is 16.2. The van der Waals surface area contributed by atoms with Gasteiger partial charge in [-0.2, -0.15) is 0 Å². The zero-order valence-electron chi connectivity index (χ0n) is 15.5. The topological polar surface area (TPSA) is 178 Å². The first-order valence-corrected chi connectivity index (χ1v) is 8.81. The molecule has 154 valence electrons. The molecule has 0 saturated heterocycles. The van der Waals surface area contributed by atoms with Crippen molar-refractivity contribution in [1.82, 2.24) is 30.9 Å². The van der Waals surface area contributed by atoms with Crippen LogP contribution in [-0.2, 0) is 36.9 Å². The van der Waals surface area contributed by atoms with Crippen molar-refractivity contribution in [2.75, 3.05) is 19.6 Å². The average Bonchev–Trinajstić information content (AvgIpc) is 3.12. The van der Waals surface area contributed by atoms with Crippen LogP contribution in [0.1, 0.15) is 31.4 Å². The number of hydrogen-bond acceptors (Lipinski definition) is 7. The maximum atomic E-state index is 11.8. The summed E-state index contributed by atoms with van der Waals surface area (Å²) in [5.74, 6) is -1.68. The van der Waals surface area contributed by atoms with E-state index in [-0.39, 0.29) is 37.9 Å². The highest BCUT2D eigenvalue weighted by Gasteiger charge is 2.09. The summed E-state index contributed by atoms with van der Waals surface area (Å²) in [6.45, 7) is -0.0477. The molecule has 0 aliphatic heterocycles. The Balaban J connectivity index is 2.17. The molecule has 0 fully saturated rings. The van der Waals surface area contributed by atoms with E-state index in [1.807, 2.05) is 0 Å². The normalized spacial score (nSPS) is 10.1. The summed E-state index contributed by atoms with van der Waals surface area (Å²) in [5.41, 5.74) is 5.71. The number of amides is 4. The third-order valence-electron chi connectivity index (χ3n) is 3.53. The second kappa shape index (κ2) is 12.9. The van der Waals surface area contributed by atoms with Crippen molar-refractivity contribution in [3.05, 3.63) is 11.9 Å². The first kappa shape index (κ1) is 22.7. The maximum Gasteiger partial charge on any atom is 0.239 e. The molecule has 4 amide bonds. The Morgan fingerprint density at radius 3 is 2.36 bits per heavy atom. The fourth-order valence-electron chi connectivity index (χ4n) is 2.10. The molecular formula is C16H25N7O5. The van der Waals surface area contributed by atoms with E-state index in [0.717, 1.165) is 6.42 Å². The van der Waals surface area contributed by atoms with Crippen LogP contribution in [0.5, 0.6) is 0 Å². The van der Waals surface area contributed by atoms with Crippen LogP contribution in [0, 0.1) is 0 Å². The average molecular weight is 395 g/mol. The molecule has 1 rings (SSSR count). The van der Waals surface area contributed by atoms with Gasteiger partial charge in [0.1, 0.15) is 6.29 Å². The van der Waals surface area contributed by atoms with Crippen LogP contribution < -0.4 is 21.7 Å². The van der Waals surface area contributed by atoms with Gasteiger partial charge in [-0.25, -0.2) is 0 Å². The van der Waals surface area contributed by atoms with Crippen molar-refractivity contribution in [3.8, 4) is 0 Å². The molecule has 0 aromatic carbocycles. The molecule has 5 N–H and O–H groups in total. The quantitative estimate of drug-likeness (QED) is 0.197.